The van der Waals surface area contributed by atoms with E-state index >= 15 is 0 Å². The van der Waals surface area contributed by atoms with Crippen LogP contribution in [0.25, 0.3) is 0 Å². The van der Waals surface area contributed by atoms with E-state index in [0.717, 1.165) is 0 Å². The SMILES string of the molecule is CC(C)CC(N)C(=O)NC(CC(=O)O)C(=O)NC(CC(=O)O)C(=O)NC(CC(=O)O)C(=O)O. The van der Waals surface area contributed by atoms with Crippen molar-refractivity contribution in [3.8, 4) is 0 Å². The van der Waals surface area contributed by atoms with E-state index in [-0.39, 0.29) is 12.3 Å². The van der Waals surface area contributed by atoms with Gasteiger partial charge in [0.1, 0.15) is 18.1 Å². The van der Waals surface area contributed by atoms with Crippen molar-refractivity contribution >= 4 is 41.6 Å². The molecule has 3 amide bonds. The Bertz CT molecular complexity index is 783. The van der Waals surface area contributed by atoms with Crippen LogP contribution < -0.4 is 21.7 Å². The summed E-state index contributed by atoms with van der Waals surface area (Å²) >= 11 is 0. The van der Waals surface area contributed by atoms with Gasteiger partial charge < -0.3 is 42.1 Å². The molecule has 0 saturated carbocycles. The highest BCUT2D eigenvalue weighted by molar-refractivity contribution is 5.97. The summed E-state index contributed by atoms with van der Waals surface area (Å²) in [5.74, 6) is -9.79. The van der Waals surface area contributed by atoms with E-state index in [9.17, 15) is 33.6 Å². The molecule has 0 saturated heterocycles. The molecule has 9 N–H and O–H groups in total. The van der Waals surface area contributed by atoms with Crippen LogP contribution in [0.3, 0.4) is 0 Å². The van der Waals surface area contributed by atoms with Crippen LogP contribution in [0.4, 0.5) is 0 Å². The molecular weight excluding hydrogens is 448 g/mol. The Morgan fingerprint density at radius 1 is 0.636 bits per heavy atom. The average Bonchev–Trinajstić information content (AvgIpc) is 2.64. The zero-order chi connectivity index (χ0) is 25.9. The van der Waals surface area contributed by atoms with Crippen LogP contribution in [0.5, 0.6) is 0 Å². The lowest BCUT2D eigenvalue weighted by molar-refractivity contribution is -0.148. The first-order valence-electron chi connectivity index (χ1n) is 9.68. The van der Waals surface area contributed by atoms with Gasteiger partial charge in [-0.25, -0.2) is 4.79 Å². The van der Waals surface area contributed by atoms with Crippen LogP contribution in [0.1, 0.15) is 39.5 Å². The minimum atomic E-state index is -1.92. The van der Waals surface area contributed by atoms with Gasteiger partial charge in [0.25, 0.3) is 0 Å². The van der Waals surface area contributed by atoms with Crippen LogP contribution >= 0.6 is 0 Å². The molecule has 0 aliphatic heterocycles. The van der Waals surface area contributed by atoms with Gasteiger partial charge in [-0.1, -0.05) is 13.8 Å². The van der Waals surface area contributed by atoms with Gasteiger partial charge in [-0.05, 0) is 12.3 Å². The van der Waals surface area contributed by atoms with E-state index in [0.29, 0.717) is 0 Å². The van der Waals surface area contributed by atoms with Gasteiger partial charge in [-0.15, -0.1) is 0 Å². The third-order valence-corrected chi connectivity index (χ3v) is 4.08. The minimum absolute atomic E-state index is 0.00845. The first kappa shape index (κ1) is 29.2. The molecule has 15 nitrogen and oxygen atoms in total. The summed E-state index contributed by atoms with van der Waals surface area (Å²) in [7, 11) is 0. The van der Waals surface area contributed by atoms with Crippen LogP contribution in [-0.2, 0) is 33.6 Å². The van der Waals surface area contributed by atoms with Crippen molar-refractivity contribution in [2.45, 2.75) is 63.7 Å². The molecule has 0 spiro atoms. The normalized spacial score (nSPS) is 14.3. The Labute approximate surface area is 187 Å². The molecular formula is C18H28N4O11. The molecule has 15 heteroatoms. The zero-order valence-electron chi connectivity index (χ0n) is 17.9. The molecule has 186 valence electrons. The van der Waals surface area contributed by atoms with E-state index in [1.54, 1.807) is 19.2 Å². The third-order valence-electron chi connectivity index (χ3n) is 4.08. The molecule has 0 rings (SSSR count). The number of carbonyl (C=O) groups is 7. The highest BCUT2D eigenvalue weighted by atomic mass is 16.4. The second-order valence-electron chi connectivity index (χ2n) is 7.55. The topological polar surface area (TPSA) is 263 Å². The fourth-order valence-corrected chi connectivity index (χ4v) is 2.58. The minimum Gasteiger partial charge on any atom is -0.481 e. The van der Waals surface area contributed by atoms with E-state index in [1.165, 1.54) is 0 Å². The summed E-state index contributed by atoms with van der Waals surface area (Å²) in [5, 5.41) is 41.6. The highest BCUT2D eigenvalue weighted by Crippen LogP contribution is 2.05. The number of hydrogen-bond donors (Lipinski definition) is 8. The molecule has 0 bridgehead atoms. The largest absolute Gasteiger partial charge is 0.481 e. The van der Waals surface area contributed by atoms with Gasteiger partial charge in [-0.2, -0.15) is 0 Å². The van der Waals surface area contributed by atoms with Gasteiger partial charge in [0.05, 0.1) is 25.3 Å². The van der Waals surface area contributed by atoms with E-state index in [1.807, 2.05) is 5.32 Å². The number of carboxylic acids is 4. The Balaban J connectivity index is 5.56. The second kappa shape index (κ2) is 13.6. The molecule has 4 unspecified atom stereocenters. The van der Waals surface area contributed by atoms with Crippen molar-refractivity contribution in [2.24, 2.45) is 11.7 Å². The lowest BCUT2D eigenvalue weighted by atomic mass is 10.0. The van der Waals surface area contributed by atoms with Gasteiger partial charge in [0.2, 0.25) is 17.7 Å². The monoisotopic (exact) mass is 476 g/mol. The number of carboxylic acid groups (broad SMARTS) is 4. The quantitative estimate of drug-likeness (QED) is 0.120. The zero-order valence-corrected chi connectivity index (χ0v) is 17.9. The van der Waals surface area contributed by atoms with E-state index < -0.39 is 85.0 Å². The summed E-state index contributed by atoms with van der Waals surface area (Å²) in [5.41, 5.74) is 5.70. The number of aliphatic carboxylic acids is 4. The van der Waals surface area contributed by atoms with Crippen LogP contribution in [0, 0.1) is 5.92 Å². The van der Waals surface area contributed by atoms with Crippen LogP contribution in [0.15, 0.2) is 0 Å². The first-order valence-corrected chi connectivity index (χ1v) is 9.68. The molecule has 4 atom stereocenters. The van der Waals surface area contributed by atoms with Crippen LogP contribution in [-0.4, -0.2) is 86.2 Å². The van der Waals surface area contributed by atoms with E-state index in [4.69, 9.17) is 26.2 Å². The summed E-state index contributed by atoms with van der Waals surface area (Å²) in [6.45, 7) is 3.55. The van der Waals surface area contributed by atoms with Gasteiger partial charge in [0.15, 0.2) is 0 Å². The van der Waals surface area contributed by atoms with Crippen molar-refractivity contribution in [3.63, 3.8) is 0 Å². The maximum absolute atomic E-state index is 12.5. The molecule has 0 aliphatic carbocycles. The summed E-state index contributed by atoms with van der Waals surface area (Å²) in [4.78, 5) is 81.1. The van der Waals surface area contributed by atoms with E-state index in [2.05, 4.69) is 5.32 Å². The molecule has 0 heterocycles. The molecule has 0 aromatic carbocycles. The second-order valence-corrected chi connectivity index (χ2v) is 7.55. The molecule has 0 radical (unpaired) electrons. The number of amides is 3. The van der Waals surface area contributed by atoms with Gasteiger partial charge >= 0.3 is 23.9 Å². The molecule has 0 fully saturated rings. The molecule has 0 aromatic rings. The number of hydrogen-bond acceptors (Lipinski definition) is 8. The van der Waals surface area contributed by atoms with Crippen molar-refractivity contribution < 1.29 is 54.0 Å². The third kappa shape index (κ3) is 12.0. The number of rotatable bonds is 15. The van der Waals surface area contributed by atoms with Gasteiger partial charge in [0, 0.05) is 0 Å². The molecule has 0 aliphatic rings. The van der Waals surface area contributed by atoms with Gasteiger partial charge in [-0.3, -0.25) is 28.8 Å². The number of nitrogens with two attached hydrogens (primary N) is 1. The smallest absolute Gasteiger partial charge is 0.326 e. The lowest BCUT2D eigenvalue weighted by Gasteiger charge is -2.24. The van der Waals surface area contributed by atoms with Crippen LogP contribution in [0.2, 0.25) is 0 Å². The fourth-order valence-electron chi connectivity index (χ4n) is 2.58. The summed E-state index contributed by atoms with van der Waals surface area (Å²) < 4.78 is 0. The Hall–Kier alpha value is -3.75. The van der Waals surface area contributed by atoms with Crippen molar-refractivity contribution in [1.82, 2.24) is 16.0 Å². The Morgan fingerprint density at radius 3 is 1.30 bits per heavy atom. The van der Waals surface area contributed by atoms with Crippen molar-refractivity contribution in [1.29, 1.82) is 0 Å². The average molecular weight is 476 g/mol. The molecule has 0 aromatic heterocycles. The predicted molar refractivity (Wildman–Crippen MR) is 108 cm³/mol. The number of nitrogens with one attached hydrogen (secondary N) is 3. The maximum Gasteiger partial charge on any atom is 0.326 e. The summed E-state index contributed by atoms with van der Waals surface area (Å²) in [6.07, 6.45) is -2.78. The summed E-state index contributed by atoms with van der Waals surface area (Å²) in [6, 6.07) is -6.62. The molecule has 33 heavy (non-hydrogen) atoms. The predicted octanol–water partition coefficient (Wildman–Crippen LogP) is -2.68. The Morgan fingerprint density at radius 2 is 0.970 bits per heavy atom. The first-order chi connectivity index (χ1) is 15.1. The lowest BCUT2D eigenvalue weighted by Crippen LogP contribution is -2.58. The number of carbonyl (C=O) groups excluding carboxylic acids is 3. The standard InChI is InChI=1S/C18H28N4O11/c1-7(2)3-8(19)15(29)20-9(4-12(23)24)16(30)21-10(5-13(25)26)17(31)22-11(18(32)33)6-14(27)28/h7-11H,3-6,19H2,1-2H3,(H,20,29)(H,21,30)(H,22,31)(H,23,24)(H,25,26)(H,27,28)(H,32,33). The highest BCUT2D eigenvalue weighted by Gasteiger charge is 2.33. The van der Waals surface area contributed by atoms with Crippen molar-refractivity contribution in [3.05, 3.63) is 0 Å². The maximum atomic E-state index is 12.5. The van der Waals surface area contributed by atoms with Crippen molar-refractivity contribution in [2.75, 3.05) is 0 Å². The Kier molecular flexibility index (Phi) is 12.1. The fraction of sp³-hybridized carbons (Fsp3) is 0.611.